The number of rotatable bonds is 5. The van der Waals surface area contributed by atoms with Crippen molar-refractivity contribution in [1.82, 2.24) is 0 Å². The van der Waals surface area contributed by atoms with Crippen molar-refractivity contribution in [2.24, 2.45) is 0 Å². The lowest BCUT2D eigenvalue weighted by Crippen LogP contribution is -2.05. The van der Waals surface area contributed by atoms with Crippen LogP contribution in [0.25, 0.3) is 0 Å². The largest absolute Gasteiger partial charge is 0.481 e. The normalized spacial score (nSPS) is 9.40. The molecule has 0 heterocycles. The van der Waals surface area contributed by atoms with Crippen LogP contribution in [0.2, 0.25) is 0 Å². The Labute approximate surface area is 66.9 Å². The molecule has 0 radical (unpaired) electrons. The van der Waals surface area contributed by atoms with Crippen molar-refractivity contribution in [1.29, 1.82) is 5.41 Å². The van der Waals surface area contributed by atoms with Crippen LogP contribution in [0.3, 0.4) is 0 Å². The highest BCUT2D eigenvalue weighted by Crippen LogP contribution is 2.01. The molecule has 0 unspecified atom stereocenters. The van der Waals surface area contributed by atoms with E-state index in [4.69, 9.17) is 10.1 Å². The summed E-state index contributed by atoms with van der Waals surface area (Å²) in [6.45, 7) is 4.65. The molecule has 0 aliphatic rings. The van der Waals surface area contributed by atoms with Gasteiger partial charge in [0.15, 0.2) is 5.90 Å². The Bertz CT molecular complexity index is 95.6. The highest BCUT2D eigenvalue weighted by molar-refractivity contribution is 7.99. The highest BCUT2D eigenvalue weighted by Gasteiger charge is 1.94. The summed E-state index contributed by atoms with van der Waals surface area (Å²) in [5.74, 6) is 2.25. The molecule has 0 aromatic heterocycles. The van der Waals surface area contributed by atoms with Crippen LogP contribution in [0.15, 0.2) is 0 Å². The predicted molar refractivity (Wildman–Crippen MR) is 47.0 cm³/mol. The summed E-state index contributed by atoms with van der Waals surface area (Å²) in [6, 6.07) is 0. The van der Waals surface area contributed by atoms with Gasteiger partial charge in [0.05, 0.1) is 12.4 Å². The fraction of sp³-hybridized carbons (Fsp3) is 0.857. The standard InChI is InChI=1S/C7H15NOS/c1-3-5-10-6-7(8)9-4-2/h8H,3-6H2,1-2H3. The fourth-order valence-corrected chi connectivity index (χ4v) is 1.23. The van der Waals surface area contributed by atoms with E-state index >= 15 is 0 Å². The molecule has 10 heavy (non-hydrogen) atoms. The van der Waals surface area contributed by atoms with Gasteiger partial charge in [0.2, 0.25) is 0 Å². The van der Waals surface area contributed by atoms with Crippen LogP contribution >= 0.6 is 11.8 Å². The van der Waals surface area contributed by atoms with E-state index < -0.39 is 0 Å². The molecule has 0 bridgehead atoms. The molecule has 0 saturated heterocycles. The maximum absolute atomic E-state index is 7.22. The van der Waals surface area contributed by atoms with Crippen LogP contribution in [0, 0.1) is 5.41 Å². The maximum atomic E-state index is 7.22. The van der Waals surface area contributed by atoms with Crippen molar-refractivity contribution in [2.45, 2.75) is 20.3 Å². The first kappa shape index (κ1) is 9.82. The Morgan fingerprint density at radius 2 is 2.20 bits per heavy atom. The molecule has 0 atom stereocenters. The Morgan fingerprint density at radius 1 is 1.50 bits per heavy atom. The number of thioether (sulfide) groups is 1. The second-order valence-corrected chi connectivity index (χ2v) is 3.01. The number of hydrogen-bond acceptors (Lipinski definition) is 3. The fourth-order valence-electron chi connectivity index (χ4n) is 0.525. The summed E-state index contributed by atoms with van der Waals surface area (Å²) < 4.78 is 4.95. The Balaban J connectivity index is 3.05. The van der Waals surface area contributed by atoms with Gasteiger partial charge >= 0.3 is 0 Å². The van der Waals surface area contributed by atoms with E-state index in [1.54, 1.807) is 11.8 Å². The van der Waals surface area contributed by atoms with E-state index in [-0.39, 0.29) is 0 Å². The molecule has 0 fully saturated rings. The number of ether oxygens (including phenoxy) is 1. The van der Waals surface area contributed by atoms with Crippen molar-refractivity contribution in [3.05, 3.63) is 0 Å². The molecule has 60 valence electrons. The van der Waals surface area contributed by atoms with Gasteiger partial charge in [-0.1, -0.05) is 6.92 Å². The smallest absolute Gasteiger partial charge is 0.190 e. The number of nitrogens with one attached hydrogen (secondary N) is 1. The lowest BCUT2D eigenvalue weighted by Gasteiger charge is -2.02. The first-order valence-corrected chi connectivity index (χ1v) is 4.74. The van der Waals surface area contributed by atoms with E-state index in [0.717, 1.165) is 11.5 Å². The summed E-state index contributed by atoms with van der Waals surface area (Å²) in [5.41, 5.74) is 0. The van der Waals surface area contributed by atoms with Crippen LogP contribution in [0.1, 0.15) is 20.3 Å². The van der Waals surface area contributed by atoms with Crippen molar-refractivity contribution in [3.63, 3.8) is 0 Å². The SMILES string of the molecule is CCCSCC(=N)OCC. The predicted octanol–water partition coefficient (Wildman–Crippen LogP) is 2.14. The quantitative estimate of drug-likeness (QED) is 0.381. The van der Waals surface area contributed by atoms with Crippen LogP contribution in [0.5, 0.6) is 0 Å². The van der Waals surface area contributed by atoms with Crippen LogP contribution < -0.4 is 0 Å². The molecule has 0 spiro atoms. The molecule has 2 nitrogen and oxygen atoms in total. The molecule has 0 aliphatic carbocycles. The molecule has 0 aromatic rings. The monoisotopic (exact) mass is 161 g/mol. The van der Waals surface area contributed by atoms with Crippen molar-refractivity contribution >= 4 is 17.7 Å². The van der Waals surface area contributed by atoms with Gasteiger partial charge in [-0.15, -0.1) is 0 Å². The zero-order valence-electron chi connectivity index (χ0n) is 6.64. The lowest BCUT2D eigenvalue weighted by molar-refractivity contribution is 0.322. The third-order valence-corrected chi connectivity index (χ3v) is 2.06. The zero-order chi connectivity index (χ0) is 7.82. The van der Waals surface area contributed by atoms with Crippen LogP contribution in [0.4, 0.5) is 0 Å². The Kier molecular flexibility index (Phi) is 6.81. The summed E-state index contributed by atoms with van der Waals surface area (Å²) in [6.07, 6.45) is 1.17. The van der Waals surface area contributed by atoms with Gasteiger partial charge in [-0.05, 0) is 19.1 Å². The van der Waals surface area contributed by atoms with Gasteiger partial charge < -0.3 is 4.74 Å². The summed E-state index contributed by atoms with van der Waals surface area (Å²) in [4.78, 5) is 0. The minimum absolute atomic E-state index is 0.404. The highest BCUT2D eigenvalue weighted by atomic mass is 32.2. The van der Waals surface area contributed by atoms with E-state index in [1.165, 1.54) is 6.42 Å². The third-order valence-electron chi connectivity index (χ3n) is 0.900. The van der Waals surface area contributed by atoms with Crippen molar-refractivity contribution < 1.29 is 4.74 Å². The average molecular weight is 161 g/mol. The zero-order valence-corrected chi connectivity index (χ0v) is 7.46. The lowest BCUT2D eigenvalue weighted by atomic mass is 10.6. The summed E-state index contributed by atoms with van der Waals surface area (Å²) in [7, 11) is 0. The molecule has 0 rings (SSSR count). The van der Waals surface area contributed by atoms with Crippen LogP contribution in [-0.2, 0) is 4.74 Å². The van der Waals surface area contributed by atoms with Crippen LogP contribution in [-0.4, -0.2) is 24.0 Å². The number of hydrogen-bond donors (Lipinski definition) is 1. The van der Waals surface area contributed by atoms with E-state index in [1.807, 2.05) is 6.92 Å². The molecule has 0 aliphatic heterocycles. The average Bonchev–Trinajstić information content (AvgIpc) is 1.89. The minimum atomic E-state index is 0.404. The molecule has 3 heteroatoms. The maximum Gasteiger partial charge on any atom is 0.190 e. The first-order valence-electron chi connectivity index (χ1n) is 3.59. The van der Waals surface area contributed by atoms with Gasteiger partial charge in [0.1, 0.15) is 0 Å². The van der Waals surface area contributed by atoms with Crippen molar-refractivity contribution in [2.75, 3.05) is 18.1 Å². The molecule has 0 amide bonds. The first-order chi connectivity index (χ1) is 4.81. The van der Waals surface area contributed by atoms with Gasteiger partial charge in [0, 0.05) is 0 Å². The Morgan fingerprint density at radius 3 is 2.70 bits per heavy atom. The summed E-state index contributed by atoms with van der Waals surface area (Å²) in [5, 5.41) is 7.22. The van der Waals surface area contributed by atoms with Gasteiger partial charge in [0.25, 0.3) is 0 Å². The topological polar surface area (TPSA) is 33.1 Å². The molecule has 1 N–H and O–H groups in total. The molecule has 0 saturated carbocycles. The molecular weight excluding hydrogens is 146 g/mol. The summed E-state index contributed by atoms with van der Waals surface area (Å²) >= 11 is 1.75. The van der Waals surface area contributed by atoms with Gasteiger partial charge in [-0.2, -0.15) is 11.8 Å². The van der Waals surface area contributed by atoms with Gasteiger partial charge in [-0.25, -0.2) is 0 Å². The second kappa shape index (κ2) is 6.93. The Hall–Kier alpha value is -0.180. The van der Waals surface area contributed by atoms with E-state index in [0.29, 0.717) is 12.5 Å². The third kappa shape index (κ3) is 5.95. The van der Waals surface area contributed by atoms with E-state index in [2.05, 4.69) is 6.92 Å². The molecular formula is C7H15NOS. The molecule has 0 aromatic carbocycles. The second-order valence-electron chi connectivity index (χ2n) is 1.91. The van der Waals surface area contributed by atoms with E-state index in [9.17, 15) is 0 Å². The van der Waals surface area contributed by atoms with Crippen molar-refractivity contribution in [3.8, 4) is 0 Å². The van der Waals surface area contributed by atoms with Gasteiger partial charge in [-0.3, -0.25) is 5.41 Å². The minimum Gasteiger partial charge on any atom is -0.481 e.